The van der Waals surface area contributed by atoms with E-state index < -0.39 is 5.92 Å². The highest BCUT2D eigenvalue weighted by molar-refractivity contribution is 5.15. The summed E-state index contributed by atoms with van der Waals surface area (Å²) in [5, 5.41) is 0. The Hall–Kier alpha value is -1.00. The van der Waals surface area contributed by atoms with E-state index in [4.69, 9.17) is 5.84 Å². The van der Waals surface area contributed by atoms with Gasteiger partial charge in [0, 0.05) is 18.9 Å². The fraction of sp³-hybridized carbons (Fsp3) is 0.600. The summed E-state index contributed by atoms with van der Waals surface area (Å²) in [5.74, 6) is 3.17. The molecule has 0 aliphatic heterocycles. The zero-order chi connectivity index (χ0) is 13.7. The molecule has 0 heterocycles. The molecule has 2 unspecified atom stereocenters. The van der Waals surface area contributed by atoms with Crippen LogP contribution in [0.15, 0.2) is 30.3 Å². The van der Waals surface area contributed by atoms with Crippen LogP contribution in [0.2, 0.25) is 0 Å². The number of halogens is 2. The standard InChI is InChI=1S/C15H22F2N2/c16-15(17)8-4-7-13(11-15)10-14(19-18)9-12-5-2-1-3-6-12/h1-3,5-6,13-14,19H,4,7-11,18H2. The van der Waals surface area contributed by atoms with Gasteiger partial charge in [-0.25, -0.2) is 8.78 Å². The van der Waals surface area contributed by atoms with E-state index in [1.54, 1.807) is 0 Å². The highest BCUT2D eigenvalue weighted by atomic mass is 19.3. The summed E-state index contributed by atoms with van der Waals surface area (Å²) in [7, 11) is 0. The van der Waals surface area contributed by atoms with Gasteiger partial charge in [0.25, 0.3) is 0 Å². The summed E-state index contributed by atoms with van der Waals surface area (Å²) in [5.41, 5.74) is 3.97. The van der Waals surface area contributed by atoms with E-state index in [0.29, 0.717) is 6.42 Å². The molecule has 1 aromatic rings. The Morgan fingerprint density at radius 1 is 1.32 bits per heavy atom. The van der Waals surface area contributed by atoms with Crippen molar-refractivity contribution in [2.45, 2.75) is 50.5 Å². The van der Waals surface area contributed by atoms with E-state index in [1.807, 2.05) is 30.3 Å². The molecule has 0 aromatic heterocycles. The number of alkyl halides is 2. The molecule has 1 aromatic carbocycles. The summed E-state index contributed by atoms with van der Waals surface area (Å²) in [6.45, 7) is 0. The first-order valence-electron chi connectivity index (χ1n) is 6.97. The number of nitrogens with one attached hydrogen (secondary N) is 1. The SMILES string of the molecule is NNC(Cc1ccccc1)CC1CCCC(F)(F)C1. The number of hydrogen-bond donors (Lipinski definition) is 2. The molecule has 0 bridgehead atoms. The molecule has 2 nitrogen and oxygen atoms in total. The Morgan fingerprint density at radius 3 is 2.68 bits per heavy atom. The van der Waals surface area contributed by atoms with Crippen molar-refractivity contribution in [3.05, 3.63) is 35.9 Å². The number of hydrogen-bond acceptors (Lipinski definition) is 2. The minimum absolute atomic E-state index is 0.0139. The molecule has 106 valence electrons. The quantitative estimate of drug-likeness (QED) is 0.635. The van der Waals surface area contributed by atoms with E-state index in [0.717, 1.165) is 19.3 Å². The molecule has 1 aliphatic rings. The van der Waals surface area contributed by atoms with Gasteiger partial charge in [0.1, 0.15) is 0 Å². The monoisotopic (exact) mass is 268 g/mol. The third-order valence-electron chi connectivity index (χ3n) is 3.92. The zero-order valence-corrected chi connectivity index (χ0v) is 11.1. The fourth-order valence-corrected chi connectivity index (χ4v) is 2.99. The van der Waals surface area contributed by atoms with Crippen molar-refractivity contribution in [3.63, 3.8) is 0 Å². The lowest BCUT2D eigenvalue weighted by atomic mass is 9.82. The molecule has 1 fully saturated rings. The molecule has 4 heteroatoms. The highest BCUT2D eigenvalue weighted by Gasteiger charge is 2.36. The van der Waals surface area contributed by atoms with Crippen molar-refractivity contribution in [3.8, 4) is 0 Å². The smallest absolute Gasteiger partial charge is 0.248 e. The second-order valence-electron chi connectivity index (χ2n) is 5.61. The van der Waals surface area contributed by atoms with E-state index in [2.05, 4.69) is 5.43 Å². The summed E-state index contributed by atoms with van der Waals surface area (Å²) in [4.78, 5) is 0. The van der Waals surface area contributed by atoms with Crippen LogP contribution in [-0.4, -0.2) is 12.0 Å². The molecule has 0 spiro atoms. The molecule has 19 heavy (non-hydrogen) atoms. The lowest BCUT2D eigenvalue weighted by Gasteiger charge is -2.31. The topological polar surface area (TPSA) is 38.0 Å². The Balaban J connectivity index is 1.88. The second kappa shape index (κ2) is 6.44. The van der Waals surface area contributed by atoms with Gasteiger partial charge in [-0.15, -0.1) is 0 Å². The second-order valence-corrected chi connectivity index (χ2v) is 5.61. The zero-order valence-electron chi connectivity index (χ0n) is 11.1. The molecule has 0 saturated heterocycles. The molecule has 0 amide bonds. The van der Waals surface area contributed by atoms with Crippen molar-refractivity contribution < 1.29 is 8.78 Å². The molecular weight excluding hydrogens is 246 g/mol. The maximum Gasteiger partial charge on any atom is 0.248 e. The highest BCUT2D eigenvalue weighted by Crippen LogP contribution is 2.38. The van der Waals surface area contributed by atoms with Crippen molar-refractivity contribution in [2.24, 2.45) is 11.8 Å². The van der Waals surface area contributed by atoms with Crippen LogP contribution in [0.25, 0.3) is 0 Å². The van der Waals surface area contributed by atoms with Gasteiger partial charge in [0.15, 0.2) is 0 Å². The predicted octanol–water partition coefficient (Wildman–Crippen LogP) is 3.28. The minimum atomic E-state index is -2.48. The van der Waals surface area contributed by atoms with Crippen molar-refractivity contribution in [1.82, 2.24) is 5.43 Å². The first-order chi connectivity index (χ1) is 9.09. The molecule has 2 rings (SSSR count). The van der Waals surface area contributed by atoms with Gasteiger partial charge in [0.2, 0.25) is 5.92 Å². The molecule has 1 saturated carbocycles. The van der Waals surface area contributed by atoms with Crippen LogP contribution < -0.4 is 11.3 Å². The third kappa shape index (κ3) is 4.55. The fourth-order valence-electron chi connectivity index (χ4n) is 2.99. The van der Waals surface area contributed by atoms with Gasteiger partial charge in [-0.1, -0.05) is 30.3 Å². The van der Waals surface area contributed by atoms with Crippen molar-refractivity contribution in [1.29, 1.82) is 0 Å². The van der Waals surface area contributed by atoms with E-state index in [1.165, 1.54) is 5.56 Å². The largest absolute Gasteiger partial charge is 0.271 e. The first-order valence-corrected chi connectivity index (χ1v) is 6.97. The summed E-state index contributed by atoms with van der Waals surface area (Å²) < 4.78 is 26.8. The van der Waals surface area contributed by atoms with Gasteiger partial charge < -0.3 is 0 Å². The molecule has 3 N–H and O–H groups in total. The molecule has 2 atom stereocenters. The Morgan fingerprint density at radius 2 is 2.05 bits per heavy atom. The van der Waals surface area contributed by atoms with Crippen LogP contribution in [0.4, 0.5) is 8.78 Å². The summed E-state index contributed by atoms with van der Waals surface area (Å²) in [6, 6.07) is 10.1. The van der Waals surface area contributed by atoms with E-state index >= 15 is 0 Å². The number of benzene rings is 1. The van der Waals surface area contributed by atoms with Gasteiger partial charge in [0.05, 0.1) is 0 Å². The van der Waals surface area contributed by atoms with Gasteiger partial charge in [-0.05, 0) is 37.2 Å². The third-order valence-corrected chi connectivity index (χ3v) is 3.92. The van der Waals surface area contributed by atoms with Crippen molar-refractivity contribution >= 4 is 0 Å². The Bertz CT molecular complexity index is 381. The number of hydrazine groups is 1. The van der Waals surface area contributed by atoms with Crippen LogP contribution in [0.1, 0.15) is 37.7 Å². The van der Waals surface area contributed by atoms with Crippen LogP contribution in [0.5, 0.6) is 0 Å². The normalized spacial score (nSPS) is 24.1. The Kier molecular flexibility index (Phi) is 4.88. The molecular formula is C15H22F2N2. The van der Waals surface area contributed by atoms with Crippen LogP contribution in [0.3, 0.4) is 0 Å². The maximum absolute atomic E-state index is 13.4. The van der Waals surface area contributed by atoms with Crippen LogP contribution in [0, 0.1) is 5.92 Å². The van der Waals surface area contributed by atoms with E-state index in [-0.39, 0.29) is 24.8 Å². The lowest BCUT2D eigenvalue weighted by molar-refractivity contribution is -0.0547. The van der Waals surface area contributed by atoms with Crippen LogP contribution in [-0.2, 0) is 6.42 Å². The maximum atomic E-state index is 13.4. The molecule has 1 aliphatic carbocycles. The summed E-state index contributed by atoms with van der Waals surface area (Å²) in [6.07, 6.45) is 3.09. The average molecular weight is 268 g/mol. The van der Waals surface area contributed by atoms with Gasteiger partial charge >= 0.3 is 0 Å². The van der Waals surface area contributed by atoms with Gasteiger partial charge in [-0.3, -0.25) is 11.3 Å². The number of rotatable bonds is 5. The number of nitrogens with two attached hydrogens (primary N) is 1. The lowest BCUT2D eigenvalue weighted by Crippen LogP contribution is -2.40. The van der Waals surface area contributed by atoms with E-state index in [9.17, 15) is 8.78 Å². The Labute approximate surface area is 113 Å². The predicted molar refractivity (Wildman–Crippen MR) is 72.8 cm³/mol. The van der Waals surface area contributed by atoms with Crippen molar-refractivity contribution in [2.75, 3.05) is 0 Å². The minimum Gasteiger partial charge on any atom is -0.271 e. The first kappa shape index (κ1) is 14.4. The summed E-state index contributed by atoms with van der Waals surface area (Å²) >= 11 is 0. The molecule has 0 radical (unpaired) electrons. The average Bonchev–Trinajstić information content (AvgIpc) is 2.38. The van der Waals surface area contributed by atoms with Gasteiger partial charge in [-0.2, -0.15) is 0 Å². The van der Waals surface area contributed by atoms with Crippen LogP contribution >= 0.6 is 0 Å².